The van der Waals surface area contributed by atoms with Gasteiger partial charge in [-0.2, -0.15) is 0 Å². The molecule has 0 aliphatic rings. The summed E-state index contributed by atoms with van der Waals surface area (Å²) in [6.45, 7) is 2.36. The van der Waals surface area contributed by atoms with Gasteiger partial charge in [0.1, 0.15) is 0 Å². The van der Waals surface area contributed by atoms with Gasteiger partial charge in [0.15, 0.2) is 0 Å². The Morgan fingerprint density at radius 1 is 1.55 bits per heavy atom. The third kappa shape index (κ3) is 3.69. The van der Waals surface area contributed by atoms with Gasteiger partial charge in [-0.3, -0.25) is 0 Å². The van der Waals surface area contributed by atoms with Crippen LogP contribution in [0.5, 0.6) is 0 Å². The average molecular weight is 180 g/mol. The second kappa shape index (κ2) is 4.04. The van der Waals surface area contributed by atoms with Crippen LogP contribution in [-0.2, 0) is 10.0 Å². The molecule has 5 heteroatoms. The van der Waals surface area contributed by atoms with Crippen LogP contribution in [-0.4, -0.2) is 38.6 Å². The average Bonchev–Trinajstić information content (AvgIpc) is 1.85. The van der Waals surface area contributed by atoms with Crippen molar-refractivity contribution in [1.29, 1.82) is 0 Å². The summed E-state index contributed by atoms with van der Waals surface area (Å²) in [5.41, 5.74) is 5.29. The highest BCUT2D eigenvalue weighted by Gasteiger charge is 2.16. The lowest BCUT2D eigenvalue weighted by Gasteiger charge is -2.21. The molecule has 0 fully saturated rings. The molecule has 0 saturated carbocycles. The van der Waals surface area contributed by atoms with Crippen LogP contribution in [0.4, 0.5) is 0 Å². The highest BCUT2D eigenvalue weighted by Crippen LogP contribution is 2.03. The molecular weight excluding hydrogens is 164 g/mol. The Morgan fingerprint density at radius 3 is 2.27 bits per heavy atom. The maximum absolute atomic E-state index is 10.9. The molecular formula is C6H16N2O2S. The Kier molecular flexibility index (Phi) is 3.99. The van der Waals surface area contributed by atoms with E-state index in [2.05, 4.69) is 0 Å². The Bertz CT molecular complexity index is 201. The molecule has 0 rings (SSSR count). The van der Waals surface area contributed by atoms with Gasteiger partial charge in [0.25, 0.3) is 0 Å². The van der Waals surface area contributed by atoms with E-state index in [-0.39, 0.29) is 6.04 Å². The molecule has 0 aromatic heterocycles. The van der Waals surface area contributed by atoms with Gasteiger partial charge in [0.2, 0.25) is 10.0 Å². The SMILES string of the molecule is CC(CCN)N(C)S(C)(=O)=O. The van der Waals surface area contributed by atoms with Crippen molar-refractivity contribution in [3.8, 4) is 0 Å². The molecule has 2 N–H and O–H groups in total. The zero-order chi connectivity index (χ0) is 9.07. The van der Waals surface area contributed by atoms with E-state index in [4.69, 9.17) is 5.73 Å². The maximum Gasteiger partial charge on any atom is 0.211 e. The van der Waals surface area contributed by atoms with Gasteiger partial charge in [-0.1, -0.05) is 0 Å². The molecule has 0 saturated heterocycles. The molecule has 0 spiro atoms. The lowest BCUT2D eigenvalue weighted by Crippen LogP contribution is -2.35. The van der Waals surface area contributed by atoms with E-state index in [1.165, 1.54) is 10.6 Å². The van der Waals surface area contributed by atoms with Crippen LogP contribution in [0.25, 0.3) is 0 Å². The number of nitrogens with two attached hydrogens (primary N) is 1. The fourth-order valence-corrected chi connectivity index (χ4v) is 1.51. The number of nitrogens with zero attached hydrogens (tertiary/aromatic N) is 1. The molecule has 4 nitrogen and oxygen atoms in total. The van der Waals surface area contributed by atoms with Gasteiger partial charge in [-0.15, -0.1) is 0 Å². The minimum atomic E-state index is -3.05. The van der Waals surface area contributed by atoms with Crippen LogP contribution in [0.2, 0.25) is 0 Å². The van der Waals surface area contributed by atoms with E-state index in [1.807, 2.05) is 6.92 Å². The summed E-state index contributed by atoms with van der Waals surface area (Å²) in [5, 5.41) is 0. The van der Waals surface area contributed by atoms with Crippen molar-refractivity contribution in [2.75, 3.05) is 19.8 Å². The van der Waals surface area contributed by atoms with E-state index >= 15 is 0 Å². The first-order valence-electron chi connectivity index (χ1n) is 3.52. The molecule has 0 radical (unpaired) electrons. The van der Waals surface area contributed by atoms with Crippen molar-refractivity contribution in [2.45, 2.75) is 19.4 Å². The molecule has 0 bridgehead atoms. The highest BCUT2D eigenvalue weighted by molar-refractivity contribution is 7.88. The summed E-state index contributed by atoms with van der Waals surface area (Å²) in [6.07, 6.45) is 1.89. The normalized spacial score (nSPS) is 15.4. The van der Waals surface area contributed by atoms with Crippen molar-refractivity contribution >= 4 is 10.0 Å². The van der Waals surface area contributed by atoms with Crippen LogP contribution < -0.4 is 5.73 Å². The molecule has 68 valence electrons. The predicted octanol–water partition coefficient (Wildman–Crippen LogP) is -0.385. The van der Waals surface area contributed by atoms with E-state index < -0.39 is 10.0 Å². The van der Waals surface area contributed by atoms with Crippen molar-refractivity contribution in [2.24, 2.45) is 5.73 Å². The molecule has 0 amide bonds. The Morgan fingerprint density at radius 2 is 2.00 bits per heavy atom. The van der Waals surface area contributed by atoms with Gasteiger partial charge >= 0.3 is 0 Å². The third-order valence-corrected chi connectivity index (χ3v) is 3.13. The van der Waals surface area contributed by atoms with Gasteiger partial charge in [0.05, 0.1) is 6.26 Å². The Hall–Kier alpha value is -0.130. The largest absolute Gasteiger partial charge is 0.330 e. The molecule has 0 aromatic rings. The molecule has 11 heavy (non-hydrogen) atoms. The Balaban J connectivity index is 4.14. The monoisotopic (exact) mass is 180 g/mol. The minimum Gasteiger partial charge on any atom is -0.330 e. The standard InChI is InChI=1S/C6H16N2O2S/c1-6(4-5-7)8(2)11(3,9)10/h6H,4-5,7H2,1-3H3. The molecule has 0 aliphatic carbocycles. The van der Waals surface area contributed by atoms with Crippen LogP contribution in [0.15, 0.2) is 0 Å². The topological polar surface area (TPSA) is 63.4 Å². The van der Waals surface area contributed by atoms with Crippen molar-refractivity contribution in [1.82, 2.24) is 4.31 Å². The Labute approximate surface area is 68.4 Å². The smallest absolute Gasteiger partial charge is 0.211 e. The zero-order valence-corrected chi connectivity index (χ0v) is 8.06. The first-order valence-corrected chi connectivity index (χ1v) is 5.37. The molecule has 1 unspecified atom stereocenters. The predicted molar refractivity (Wildman–Crippen MR) is 45.7 cm³/mol. The van der Waals surface area contributed by atoms with Crippen LogP contribution in [0.1, 0.15) is 13.3 Å². The van der Waals surface area contributed by atoms with Gasteiger partial charge in [-0.25, -0.2) is 12.7 Å². The maximum atomic E-state index is 10.9. The van der Waals surface area contributed by atoms with Gasteiger partial charge in [0, 0.05) is 13.1 Å². The van der Waals surface area contributed by atoms with Crippen LogP contribution >= 0.6 is 0 Å². The van der Waals surface area contributed by atoms with E-state index in [0.717, 1.165) is 0 Å². The van der Waals surface area contributed by atoms with Gasteiger partial charge in [-0.05, 0) is 19.9 Å². The summed E-state index contributed by atoms with van der Waals surface area (Å²) < 4.78 is 23.2. The molecule has 1 atom stereocenters. The number of hydrogen-bond acceptors (Lipinski definition) is 3. The molecule has 0 aromatic carbocycles. The number of sulfonamides is 1. The highest BCUT2D eigenvalue weighted by atomic mass is 32.2. The van der Waals surface area contributed by atoms with Crippen molar-refractivity contribution < 1.29 is 8.42 Å². The summed E-state index contributed by atoms with van der Waals surface area (Å²) in [4.78, 5) is 0. The lowest BCUT2D eigenvalue weighted by atomic mass is 10.2. The van der Waals surface area contributed by atoms with E-state index in [9.17, 15) is 8.42 Å². The number of rotatable bonds is 4. The fraction of sp³-hybridized carbons (Fsp3) is 1.00. The van der Waals surface area contributed by atoms with Crippen molar-refractivity contribution in [3.05, 3.63) is 0 Å². The second-order valence-electron chi connectivity index (χ2n) is 2.71. The zero-order valence-electron chi connectivity index (χ0n) is 7.24. The van der Waals surface area contributed by atoms with E-state index in [0.29, 0.717) is 13.0 Å². The first-order chi connectivity index (χ1) is 4.89. The summed E-state index contributed by atoms with van der Waals surface area (Å²) in [6, 6.07) is -0.00463. The van der Waals surface area contributed by atoms with E-state index in [1.54, 1.807) is 7.05 Å². The van der Waals surface area contributed by atoms with Crippen LogP contribution in [0, 0.1) is 0 Å². The molecule has 0 aliphatic heterocycles. The van der Waals surface area contributed by atoms with Crippen molar-refractivity contribution in [3.63, 3.8) is 0 Å². The first kappa shape index (κ1) is 10.9. The summed E-state index contributed by atoms with van der Waals surface area (Å²) in [5.74, 6) is 0. The summed E-state index contributed by atoms with van der Waals surface area (Å²) >= 11 is 0. The molecule has 0 heterocycles. The summed E-state index contributed by atoms with van der Waals surface area (Å²) in [7, 11) is -1.48. The second-order valence-corrected chi connectivity index (χ2v) is 4.75. The quantitative estimate of drug-likeness (QED) is 0.641. The number of hydrogen-bond donors (Lipinski definition) is 1. The minimum absolute atomic E-state index is 0.00463. The van der Waals surface area contributed by atoms with Gasteiger partial charge < -0.3 is 5.73 Å². The lowest BCUT2D eigenvalue weighted by molar-refractivity contribution is 0.377. The van der Waals surface area contributed by atoms with Crippen LogP contribution in [0.3, 0.4) is 0 Å². The third-order valence-electron chi connectivity index (χ3n) is 1.73. The fourth-order valence-electron chi connectivity index (χ4n) is 0.750.